The summed E-state index contributed by atoms with van der Waals surface area (Å²) >= 11 is 3.95. The summed E-state index contributed by atoms with van der Waals surface area (Å²) in [6, 6.07) is 9.76. The van der Waals surface area contributed by atoms with Gasteiger partial charge in [0.25, 0.3) is 0 Å². The largest absolute Gasteiger partial charge is 0.426 e. The van der Waals surface area contributed by atoms with E-state index in [4.69, 9.17) is 4.74 Å². The lowest BCUT2D eigenvalue weighted by molar-refractivity contribution is -0.139. The average molecular weight is 388 g/mol. The molecule has 7 heteroatoms. The lowest BCUT2D eigenvalue weighted by atomic mass is 9.98. The predicted molar refractivity (Wildman–Crippen MR) is 107 cm³/mol. The summed E-state index contributed by atoms with van der Waals surface area (Å²) in [5, 5.41) is 0. The quantitative estimate of drug-likeness (QED) is 0.584. The molecule has 5 nitrogen and oxygen atoms in total. The highest BCUT2D eigenvalue weighted by molar-refractivity contribution is 8.19. The van der Waals surface area contributed by atoms with Crippen molar-refractivity contribution in [3.63, 3.8) is 0 Å². The highest BCUT2D eigenvalue weighted by Crippen LogP contribution is 2.45. The molecule has 0 spiro atoms. The number of anilines is 1. The van der Waals surface area contributed by atoms with Crippen molar-refractivity contribution in [1.82, 2.24) is 9.97 Å². The number of hydrogen-bond acceptors (Lipinski definition) is 7. The van der Waals surface area contributed by atoms with Crippen LogP contribution < -0.4 is 9.64 Å². The Bertz CT molecular complexity index is 736. The Balaban J connectivity index is 1.36. The minimum absolute atomic E-state index is 0.145. The van der Waals surface area contributed by atoms with Crippen LogP contribution in [-0.2, 0) is 4.79 Å². The summed E-state index contributed by atoms with van der Waals surface area (Å²) in [5.74, 6) is 3.40. The molecule has 0 saturated carbocycles. The average Bonchev–Trinajstić information content (AvgIpc) is 3.24. The van der Waals surface area contributed by atoms with Crippen molar-refractivity contribution in [3.05, 3.63) is 48.3 Å². The third-order valence-corrected chi connectivity index (χ3v) is 7.69. The third kappa shape index (κ3) is 4.15. The normalized spacial score (nSPS) is 20.9. The van der Waals surface area contributed by atoms with E-state index in [9.17, 15) is 4.79 Å². The molecule has 0 aliphatic carbocycles. The number of hydrogen-bond donors (Lipinski definition) is 0. The van der Waals surface area contributed by atoms with E-state index >= 15 is 0 Å². The highest BCUT2D eigenvalue weighted by atomic mass is 32.2. The maximum Gasteiger partial charge on any atom is 0.316 e. The number of rotatable bonds is 4. The molecule has 26 heavy (non-hydrogen) atoms. The number of aromatic nitrogens is 2. The summed E-state index contributed by atoms with van der Waals surface area (Å²) in [7, 11) is 0. The van der Waals surface area contributed by atoms with E-state index in [-0.39, 0.29) is 11.9 Å². The van der Waals surface area contributed by atoms with Crippen molar-refractivity contribution < 1.29 is 9.53 Å². The Labute approximate surface area is 161 Å². The molecule has 2 fully saturated rings. The van der Waals surface area contributed by atoms with Crippen molar-refractivity contribution in [2.45, 2.75) is 17.4 Å². The first-order valence-corrected chi connectivity index (χ1v) is 11.0. The van der Waals surface area contributed by atoms with Crippen LogP contribution >= 0.6 is 23.5 Å². The first kappa shape index (κ1) is 17.7. The van der Waals surface area contributed by atoms with E-state index in [2.05, 4.69) is 27.0 Å². The van der Waals surface area contributed by atoms with Gasteiger partial charge >= 0.3 is 5.97 Å². The topological polar surface area (TPSA) is 55.3 Å². The van der Waals surface area contributed by atoms with Crippen molar-refractivity contribution >= 4 is 35.4 Å². The van der Waals surface area contributed by atoms with Crippen LogP contribution in [0.3, 0.4) is 0 Å². The number of ether oxygens (including phenoxy) is 1. The molecule has 2 aliphatic heterocycles. The van der Waals surface area contributed by atoms with E-state index in [0.717, 1.165) is 19.4 Å². The second kappa shape index (κ2) is 8.31. The van der Waals surface area contributed by atoms with Gasteiger partial charge in [0, 0.05) is 37.0 Å². The summed E-state index contributed by atoms with van der Waals surface area (Å²) < 4.78 is 6.15. The zero-order chi connectivity index (χ0) is 17.8. The Morgan fingerprint density at radius 1 is 1.12 bits per heavy atom. The van der Waals surface area contributed by atoms with E-state index < -0.39 is 0 Å². The fourth-order valence-corrected chi connectivity index (χ4v) is 6.11. The van der Waals surface area contributed by atoms with Crippen LogP contribution in [0.2, 0.25) is 0 Å². The fraction of sp³-hybridized carbons (Fsp3) is 0.421. The lowest BCUT2D eigenvalue weighted by Gasteiger charge is -2.31. The second-order valence-electron chi connectivity index (χ2n) is 6.40. The summed E-state index contributed by atoms with van der Waals surface area (Å²) in [6.07, 6.45) is 5.24. The first-order valence-electron chi connectivity index (χ1n) is 8.86. The van der Waals surface area contributed by atoms with Gasteiger partial charge in [-0.3, -0.25) is 4.79 Å². The van der Waals surface area contributed by atoms with Gasteiger partial charge in [-0.2, -0.15) is 0 Å². The fourth-order valence-electron chi connectivity index (χ4n) is 3.25. The third-order valence-electron chi connectivity index (χ3n) is 4.58. The summed E-state index contributed by atoms with van der Waals surface area (Å²) in [6.45, 7) is 1.48. The molecule has 0 unspecified atom stereocenters. The highest BCUT2D eigenvalue weighted by Gasteiger charge is 2.28. The van der Waals surface area contributed by atoms with Gasteiger partial charge in [0.2, 0.25) is 5.95 Å². The molecule has 1 aromatic carbocycles. The number of thioether (sulfide) groups is 2. The van der Waals surface area contributed by atoms with Crippen LogP contribution in [0.5, 0.6) is 5.75 Å². The molecule has 2 aliphatic rings. The second-order valence-corrected chi connectivity index (χ2v) is 9.12. The van der Waals surface area contributed by atoms with Crippen LogP contribution in [0.4, 0.5) is 5.95 Å². The van der Waals surface area contributed by atoms with Crippen molar-refractivity contribution in [2.24, 2.45) is 5.92 Å². The molecular formula is C19H21N3O2S2. The molecule has 2 aromatic rings. The van der Waals surface area contributed by atoms with Gasteiger partial charge < -0.3 is 9.64 Å². The van der Waals surface area contributed by atoms with Crippen molar-refractivity contribution in [1.29, 1.82) is 0 Å². The van der Waals surface area contributed by atoms with Crippen LogP contribution in [0.1, 0.15) is 23.0 Å². The SMILES string of the molecule is O=C(Oc1ccc(C2SCCS2)cc1)[C@@H]1CCCN(c2ncccn2)C1. The van der Waals surface area contributed by atoms with Gasteiger partial charge in [0.15, 0.2) is 0 Å². The van der Waals surface area contributed by atoms with Gasteiger partial charge in [0.05, 0.1) is 10.5 Å². The molecule has 0 N–H and O–H groups in total. The minimum Gasteiger partial charge on any atom is -0.426 e. The molecule has 1 aromatic heterocycles. The van der Waals surface area contributed by atoms with Crippen LogP contribution in [0.25, 0.3) is 0 Å². The van der Waals surface area contributed by atoms with Crippen LogP contribution in [0, 0.1) is 5.92 Å². The standard InChI is InChI=1S/C19H21N3O2S2/c23-17(15-3-1-10-22(13-15)19-20-8-2-9-21-19)24-16-6-4-14(5-7-16)18-25-11-12-26-18/h2,4-9,15,18H,1,3,10-13H2/t15-/m1/s1. The molecule has 4 rings (SSSR count). The van der Waals surface area contributed by atoms with Crippen molar-refractivity contribution in [3.8, 4) is 5.75 Å². The molecule has 0 bridgehead atoms. The number of nitrogens with zero attached hydrogens (tertiary/aromatic N) is 3. The molecule has 1 atom stereocenters. The van der Waals surface area contributed by atoms with Gasteiger partial charge in [-0.05, 0) is 36.6 Å². The van der Waals surface area contributed by atoms with E-state index in [0.29, 0.717) is 22.8 Å². The van der Waals surface area contributed by atoms with Crippen molar-refractivity contribution in [2.75, 3.05) is 29.5 Å². The number of esters is 1. The maximum absolute atomic E-state index is 12.6. The minimum atomic E-state index is -0.164. The van der Waals surface area contributed by atoms with Gasteiger partial charge in [0.1, 0.15) is 5.75 Å². The van der Waals surface area contributed by atoms with Gasteiger partial charge in [-0.25, -0.2) is 9.97 Å². The molecule has 0 amide bonds. The van der Waals surface area contributed by atoms with Crippen LogP contribution in [0.15, 0.2) is 42.7 Å². The Morgan fingerprint density at radius 3 is 2.58 bits per heavy atom. The maximum atomic E-state index is 12.6. The summed E-state index contributed by atoms with van der Waals surface area (Å²) in [5.41, 5.74) is 1.29. The Hall–Kier alpha value is -1.73. The van der Waals surface area contributed by atoms with Gasteiger partial charge in [-0.15, -0.1) is 23.5 Å². The molecular weight excluding hydrogens is 366 g/mol. The van der Waals surface area contributed by atoms with E-state index in [1.165, 1.54) is 17.1 Å². The molecule has 0 radical (unpaired) electrons. The zero-order valence-corrected chi connectivity index (χ0v) is 16.0. The van der Waals surface area contributed by atoms with Gasteiger partial charge in [-0.1, -0.05) is 12.1 Å². The molecule has 2 saturated heterocycles. The zero-order valence-electron chi connectivity index (χ0n) is 14.4. The Kier molecular flexibility index (Phi) is 5.65. The predicted octanol–water partition coefficient (Wildman–Crippen LogP) is 3.78. The summed E-state index contributed by atoms with van der Waals surface area (Å²) in [4.78, 5) is 23.2. The first-order chi connectivity index (χ1) is 12.8. The Morgan fingerprint density at radius 2 is 1.85 bits per heavy atom. The van der Waals surface area contributed by atoms with Crippen LogP contribution in [-0.4, -0.2) is 40.5 Å². The number of piperidine rings is 1. The van der Waals surface area contributed by atoms with E-state index in [1.54, 1.807) is 18.5 Å². The van der Waals surface area contributed by atoms with E-state index in [1.807, 2.05) is 35.7 Å². The smallest absolute Gasteiger partial charge is 0.316 e. The number of carbonyl (C=O) groups is 1. The number of carbonyl (C=O) groups excluding carboxylic acids is 1. The molecule has 136 valence electrons. The monoisotopic (exact) mass is 387 g/mol. The number of benzene rings is 1. The lowest BCUT2D eigenvalue weighted by Crippen LogP contribution is -2.41. The molecule has 3 heterocycles.